The Balaban J connectivity index is 0.00000300. The molecule has 0 unspecified atom stereocenters. The molecule has 1 saturated heterocycles. The van der Waals surface area contributed by atoms with Gasteiger partial charge in [0.2, 0.25) is 0 Å². The van der Waals surface area contributed by atoms with E-state index in [1.54, 1.807) is 13.2 Å². The van der Waals surface area contributed by atoms with Crippen LogP contribution >= 0.6 is 24.0 Å². The van der Waals surface area contributed by atoms with Gasteiger partial charge in [0.05, 0.1) is 12.8 Å². The van der Waals surface area contributed by atoms with Gasteiger partial charge in [0.25, 0.3) is 0 Å². The molecular weight excluding hydrogens is 479 g/mol. The Morgan fingerprint density at radius 2 is 1.86 bits per heavy atom. The number of nitrogens with zero attached hydrogens (tertiary/aromatic N) is 3. The molecule has 6 nitrogen and oxygen atoms in total. The van der Waals surface area contributed by atoms with Gasteiger partial charge >= 0.3 is 0 Å². The van der Waals surface area contributed by atoms with Crippen molar-refractivity contribution in [1.29, 1.82) is 0 Å². The molecule has 0 spiro atoms. The summed E-state index contributed by atoms with van der Waals surface area (Å²) in [7, 11) is 1.69. The Hall–Kier alpha value is -2.16. The zero-order valence-corrected chi connectivity index (χ0v) is 19.5. The van der Waals surface area contributed by atoms with E-state index in [4.69, 9.17) is 9.73 Å². The molecule has 1 aliphatic rings. The predicted octanol–water partition coefficient (Wildman–Crippen LogP) is 3.35. The zero-order chi connectivity index (χ0) is 19.8. The van der Waals surface area contributed by atoms with E-state index in [1.807, 2.05) is 30.3 Å². The number of benzene rings is 2. The van der Waals surface area contributed by atoms with Gasteiger partial charge in [-0.25, -0.2) is 0 Å². The number of piperazine rings is 1. The number of phenols is 1. The fraction of sp³-hybridized carbons (Fsp3) is 0.409. The minimum absolute atomic E-state index is 0. The Morgan fingerprint density at radius 3 is 2.55 bits per heavy atom. The third kappa shape index (κ3) is 6.42. The molecule has 0 aromatic heterocycles. The van der Waals surface area contributed by atoms with Crippen LogP contribution in [0.2, 0.25) is 0 Å². The predicted molar refractivity (Wildman–Crippen MR) is 130 cm³/mol. The van der Waals surface area contributed by atoms with Gasteiger partial charge in [0, 0.05) is 39.3 Å². The molecular formula is C22H31IN4O2. The SMILES string of the molecule is CCNC(=NCCc1cccc(OC)c1)N1CCN(c2ccccc2O)CC1.I. The highest BCUT2D eigenvalue weighted by Gasteiger charge is 2.21. The van der Waals surface area contributed by atoms with Gasteiger partial charge in [0.15, 0.2) is 5.96 Å². The van der Waals surface area contributed by atoms with Crippen molar-refractivity contribution in [1.82, 2.24) is 10.2 Å². The monoisotopic (exact) mass is 510 g/mol. The summed E-state index contributed by atoms with van der Waals surface area (Å²) in [5.74, 6) is 2.19. The number of nitrogens with one attached hydrogen (secondary N) is 1. The first kappa shape index (κ1) is 23.1. The number of ether oxygens (including phenoxy) is 1. The molecule has 1 aliphatic heterocycles. The molecule has 2 aromatic rings. The van der Waals surface area contributed by atoms with E-state index >= 15 is 0 Å². The molecule has 7 heteroatoms. The molecule has 0 amide bonds. The minimum atomic E-state index is 0. The van der Waals surface area contributed by atoms with Gasteiger partial charge in [-0.1, -0.05) is 24.3 Å². The van der Waals surface area contributed by atoms with Crippen molar-refractivity contribution in [3.63, 3.8) is 0 Å². The molecule has 0 radical (unpaired) electrons. The smallest absolute Gasteiger partial charge is 0.194 e. The van der Waals surface area contributed by atoms with E-state index in [0.717, 1.165) is 63.1 Å². The van der Waals surface area contributed by atoms with Crippen molar-refractivity contribution in [3.8, 4) is 11.5 Å². The Bertz CT molecular complexity index is 792. The van der Waals surface area contributed by atoms with E-state index in [2.05, 4.69) is 34.2 Å². The quantitative estimate of drug-likeness (QED) is 0.355. The maximum atomic E-state index is 10.1. The lowest BCUT2D eigenvalue weighted by Crippen LogP contribution is -2.52. The summed E-state index contributed by atoms with van der Waals surface area (Å²) < 4.78 is 5.29. The third-order valence-electron chi connectivity index (χ3n) is 4.93. The third-order valence-corrected chi connectivity index (χ3v) is 4.93. The van der Waals surface area contributed by atoms with Crippen molar-refractivity contribution < 1.29 is 9.84 Å². The molecule has 0 aliphatic carbocycles. The van der Waals surface area contributed by atoms with Crippen LogP contribution in [0, 0.1) is 0 Å². The van der Waals surface area contributed by atoms with Gasteiger partial charge in [0.1, 0.15) is 11.5 Å². The average molecular weight is 510 g/mol. The molecule has 0 saturated carbocycles. The van der Waals surface area contributed by atoms with Gasteiger partial charge in [-0.15, -0.1) is 24.0 Å². The van der Waals surface area contributed by atoms with Crippen LogP contribution < -0.4 is 15.0 Å². The normalized spacial score (nSPS) is 14.3. The number of para-hydroxylation sites is 2. The van der Waals surface area contributed by atoms with Crippen LogP contribution in [0.3, 0.4) is 0 Å². The number of halogens is 1. The van der Waals surface area contributed by atoms with E-state index in [0.29, 0.717) is 5.75 Å². The molecule has 0 bridgehead atoms. The van der Waals surface area contributed by atoms with Gasteiger partial charge in [-0.05, 0) is 43.2 Å². The summed E-state index contributed by atoms with van der Waals surface area (Å²) in [6.07, 6.45) is 0.879. The van der Waals surface area contributed by atoms with Crippen LogP contribution in [0.1, 0.15) is 12.5 Å². The molecule has 3 rings (SSSR count). The molecule has 158 valence electrons. The van der Waals surface area contributed by atoms with E-state index in [1.165, 1.54) is 5.56 Å². The number of phenolic OH excluding ortho intramolecular Hbond substituents is 1. The first-order valence-electron chi connectivity index (χ1n) is 9.90. The highest BCUT2D eigenvalue weighted by atomic mass is 127. The summed E-state index contributed by atoms with van der Waals surface area (Å²) in [6, 6.07) is 15.7. The molecule has 2 aromatic carbocycles. The lowest BCUT2D eigenvalue weighted by molar-refractivity contribution is 0.370. The van der Waals surface area contributed by atoms with Crippen molar-refractivity contribution >= 4 is 35.6 Å². The number of aromatic hydroxyl groups is 1. The first-order valence-corrected chi connectivity index (χ1v) is 9.90. The summed E-state index contributed by atoms with van der Waals surface area (Å²) in [4.78, 5) is 9.35. The number of anilines is 1. The van der Waals surface area contributed by atoms with Crippen LogP contribution in [0.4, 0.5) is 5.69 Å². The van der Waals surface area contributed by atoms with Crippen molar-refractivity contribution in [2.75, 3.05) is 51.3 Å². The minimum Gasteiger partial charge on any atom is -0.506 e. The Labute approximate surface area is 190 Å². The molecule has 2 N–H and O–H groups in total. The van der Waals surface area contributed by atoms with Crippen LogP contribution in [-0.2, 0) is 6.42 Å². The summed E-state index contributed by atoms with van der Waals surface area (Å²) in [6.45, 7) is 7.14. The summed E-state index contributed by atoms with van der Waals surface area (Å²) >= 11 is 0. The van der Waals surface area contributed by atoms with Crippen LogP contribution in [0.25, 0.3) is 0 Å². The summed E-state index contributed by atoms with van der Waals surface area (Å²) in [5.41, 5.74) is 2.13. The first-order chi connectivity index (χ1) is 13.7. The standard InChI is InChI=1S/C22H30N4O2.HI/c1-3-23-22(24-12-11-18-7-6-8-19(17-18)28-2)26-15-13-25(14-16-26)20-9-4-5-10-21(20)27;/h4-10,17,27H,3,11-16H2,1-2H3,(H,23,24);1H. The van der Waals surface area contributed by atoms with Crippen molar-refractivity contribution in [2.45, 2.75) is 13.3 Å². The highest BCUT2D eigenvalue weighted by Crippen LogP contribution is 2.27. The number of guanidine groups is 1. The lowest BCUT2D eigenvalue weighted by Gasteiger charge is -2.37. The second-order valence-electron chi connectivity index (χ2n) is 6.80. The molecule has 1 fully saturated rings. The molecule has 1 heterocycles. The van der Waals surface area contributed by atoms with Gasteiger partial charge < -0.3 is 25.0 Å². The van der Waals surface area contributed by atoms with Crippen LogP contribution in [0.15, 0.2) is 53.5 Å². The van der Waals surface area contributed by atoms with E-state index in [9.17, 15) is 5.11 Å². The maximum absolute atomic E-state index is 10.1. The number of hydrogen-bond acceptors (Lipinski definition) is 4. The van der Waals surface area contributed by atoms with Crippen LogP contribution in [-0.4, -0.2) is 62.3 Å². The second-order valence-corrected chi connectivity index (χ2v) is 6.80. The van der Waals surface area contributed by atoms with Gasteiger partial charge in [-0.3, -0.25) is 4.99 Å². The number of aliphatic imine (C=N–C) groups is 1. The maximum Gasteiger partial charge on any atom is 0.194 e. The fourth-order valence-corrected chi connectivity index (χ4v) is 3.44. The van der Waals surface area contributed by atoms with Crippen molar-refractivity contribution in [3.05, 3.63) is 54.1 Å². The topological polar surface area (TPSA) is 60.3 Å². The Morgan fingerprint density at radius 1 is 1.10 bits per heavy atom. The molecule has 29 heavy (non-hydrogen) atoms. The van der Waals surface area contributed by atoms with E-state index in [-0.39, 0.29) is 24.0 Å². The number of rotatable bonds is 6. The zero-order valence-electron chi connectivity index (χ0n) is 17.2. The van der Waals surface area contributed by atoms with Gasteiger partial charge in [-0.2, -0.15) is 0 Å². The highest BCUT2D eigenvalue weighted by molar-refractivity contribution is 14.0. The fourth-order valence-electron chi connectivity index (χ4n) is 3.44. The number of methoxy groups -OCH3 is 1. The number of hydrogen-bond donors (Lipinski definition) is 2. The average Bonchev–Trinajstić information content (AvgIpc) is 2.74. The van der Waals surface area contributed by atoms with E-state index < -0.39 is 0 Å². The summed E-state index contributed by atoms with van der Waals surface area (Å²) in [5, 5.41) is 13.5. The largest absolute Gasteiger partial charge is 0.506 e. The second kappa shape index (κ2) is 11.7. The molecule has 0 atom stereocenters. The Kier molecular flexibility index (Phi) is 9.37. The van der Waals surface area contributed by atoms with Crippen molar-refractivity contribution in [2.24, 2.45) is 4.99 Å². The lowest BCUT2D eigenvalue weighted by atomic mass is 10.1. The van der Waals surface area contributed by atoms with Crippen LogP contribution in [0.5, 0.6) is 11.5 Å².